The minimum Gasteiger partial charge on any atom is -0.453 e. The number of benzene rings is 3. The van der Waals surface area contributed by atoms with Gasteiger partial charge in [0.1, 0.15) is 11.5 Å². The number of fused-ring (bicyclic) bond motifs is 2. The maximum absolute atomic E-state index is 13.0. The Labute approximate surface area is 201 Å². The Kier molecular flexibility index (Phi) is 5.90. The number of nitrogens with zero attached hydrogens (tertiary/aromatic N) is 1. The average molecular weight is 473 g/mol. The third-order valence-corrected chi connectivity index (χ3v) is 6.11. The molecule has 7 heteroatoms. The normalized spacial score (nSPS) is 14.1. The van der Waals surface area contributed by atoms with Gasteiger partial charge in [-0.3, -0.25) is 4.79 Å². The van der Waals surface area contributed by atoms with E-state index in [4.69, 9.17) is 20.8 Å². The van der Waals surface area contributed by atoms with Crippen LogP contribution in [0.4, 0.5) is 0 Å². The predicted molar refractivity (Wildman–Crippen MR) is 131 cm³/mol. The van der Waals surface area contributed by atoms with Gasteiger partial charge in [0.05, 0.1) is 5.71 Å². The maximum Gasteiger partial charge on any atom is 0.379 e. The number of hydrazone groups is 1. The Bertz CT molecular complexity index is 1430. The molecule has 0 bridgehead atoms. The van der Waals surface area contributed by atoms with Crippen molar-refractivity contribution in [2.24, 2.45) is 5.10 Å². The number of hydrogen-bond acceptors (Lipinski definition) is 5. The van der Waals surface area contributed by atoms with Crippen LogP contribution < -0.4 is 10.2 Å². The van der Waals surface area contributed by atoms with Crippen LogP contribution in [-0.4, -0.2) is 17.6 Å². The monoisotopic (exact) mass is 472 g/mol. The first-order valence-electron chi connectivity index (χ1n) is 11.0. The number of nitrogens with one attached hydrogen (secondary N) is 1. The molecular formula is C27H21ClN2O4. The molecule has 0 atom stereocenters. The second-order valence-corrected chi connectivity index (χ2v) is 8.52. The number of carbonyl (C=O) groups is 2. The molecule has 6 nitrogen and oxygen atoms in total. The van der Waals surface area contributed by atoms with E-state index >= 15 is 0 Å². The first kappa shape index (κ1) is 21.9. The number of hydrogen-bond donors (Lipinski definition) is 1. The molecule has 1 amide bonds. The molecule has 0 saturated heterocycles. The topological polar surface area (TPSA) is 80.9 Å². The number of ether oxygens (including phenoxy) is 1. The third-order valence-electron chi connectivity index (χ3n) is 5.86. The summed E-state index contributed by atoms with van der Waals surface area (Å²) < 4.78 is 11.7. The van der Waals surface area contributed by atoms with Crippen molar-refractivity contribution in [3.05, 3.63) is 100.0 Å². The van der Waals surface area contributed by atoms with E-state index in [9.17, 15) is 9.59 Å². The minimum atomic E-state index is -0.562. The van der Waals surface area contributed by atoms with Crippen LogP contribution in [0.3, 0.4) is 0 Å². The van der Waals surface area contributed by atoms with Gasteiger partial charge in [-0.05, 0) is 55.5 Å². The number of halogens is 1. The molecule has 34 heavy (non-hydrogen) atoms. The summed E-state index contributed by atoms with van der Waals surface area (Å²) in [4.78, 5) is 25.5. The molecule has 1 N–H and O–H groups in total. The van der Waals surface area contributed by atoms with E-state index in [1.807, 2.05) is 43.3 Å². The van der Waals surface area contributed by atoms with Crippen LogP contribution in [0.1, 0.15) is 50.6 Å². The van der Waals surface area contributed by atoms with E-state index in [1.165, 1.54) is 0 Å². The number of furan rings is 1. The second kappa shape index (κ2) is 9.15. The first-order chi connectivity index (χ1) is 16.5. The van der Waals surface area contributed by atoms with Crippen molar-refractivity contribution in [2.75, 3.05) is 0 Å². The van der Waals surface area contributed by atoms with Crippen molar-refractivity contribution in [1.29, 1.82) is 0 Å². The predicted octanol–water partition coefficient (Wildman–Crippen LogP) is 6.08. The highest BCUT2D eigenvalue weighted by Crippen LogP contribution is 2.32. The van der Waals surface area contributed by atoms with Gasteiger partial charge in [0.2, 0.25) is 5.76 Å². The van der Waals surface area contributed by atoms with Gasteiger partial charge in [-0.1, -0.05) is 48.0 Å². The molecule has 5 rings (SSSR count). The number of aryl methyl sites for hydroxylation is 1. The third kappa shape index (κ3) is 4.20. The molecule has 0 saturated carbocycles. The lowest BCUT2D eigenvalue weighted by Gasteiger charge is -2.13. The fraction of sp³-hybridized carbons (Fsp3) is 0.148. The second-order valence-electron chi connectivity index (χ2n) is 8.08. The van der Waals surface area contributed by atoms with Gasteiger partial charge >= 0.3 is 5.97 Å². The van der Waals surface area contributed by atoms with Crippen molar-refractivity contribution >= 4 is 40.0 Å². The summed E-state index contributed by atoms with van der Waals surface area (Å²) >= 11 is 5.89. The molecule has 0 spiro atoms. The van der Waals surface area contributed by atoms with Crippen molar-refractivity contribution in [3.63, 3.8) is 0 Å². The number of esters is 1. The zero-order valence-corrected chi connectivity index (χ0v) is 19.2. The van der Waals surface area contributed by atoms with Crippen LogP contribution >= 0.6 is 11.6 Å². The maximum atomic E-state index is 13.0. The summed E-state index contributed by atoms with van der Waals surface area (Å²) in [7, 11) is 0. The molecule has 0 unspecified atom stereocenters. The van der Waals surface area contributed by atoms with Crippen LogP contribution in [0.2, 0.25) is 5.02 Å². The molecule has 1 aliphatic carbocycles. The van der Waals surface area contributed by atoms with Crippen LogP contribution in [0.25, 0.3) is 10.8 Å². The Balaban J connectivity index is 1.40. The number of carbonyl (C=O) groups excluding carboxylic acids is 2. The van der Waals surface area contributed by atoms with E-state index in [-0.39, 0.29) is 11.7 Å². The molecule has 3 aromatic carbocycles. The van der Waals surface area contributed by atoms with Crippen molar-refractivity contribution < 1.29 is 18.7 Å². The Morgan fingerprint density at radius 2 is 1.76 bits per heavy atom. The molecule has 1 aliphatic rings. The lowest BCUT2D eigenvalue weighted by Crippen LogP contribution is -2.22. The molecule has 0 radical (unpaired) electrons. The van der Waals surface area contributed by atoms with Gasteiger partial charge in [-0.2, -0.15) is 5.10 Å². The summed E-state index contributed by atoms with van der Waals surface area (Å²) in [6, 6.07) is 19.8. The van der Waals surface area contributed by atoms with Gasteiger partial charge < -0.3 is 9.15 Å². The fourth-order valence-electron chi connectivity index (χ4n) is 4.19. The van der Waals surface area contributed by atoms with E-state index in [0.717, 1.165) is 22.8 Å². The first-order valence-corrected chi connectivity index (χ1v) is 11.3. The van der Waals surface area contributed by atoms with Gasteiger partial charge in [0, 0.05) is 33.5 Å². The highest BCUT2D eigenvalue weighted by molar-refractivity contribution is 6.30. The zero-order chi connectivity index (χ0) is 23.7. The zero-order valence-electron chi connectivity index (χ0n) is 18.4. The van der Waals surface area contributed by atoms with E-state index in [0.29, 0.717) is 46.2 Å². The molecule has 0 fully saturated rings. The summed E-state index contributed by atoms with van der Waals surface area (Å²) in [6.07, 6.45) is 2.14. The molecule has 170 valence electrons. The highest BCUT2D eigenvalue weighted by Gasteiger charge is 2.29. The van der Waals surface area contributed by atoms with Crippen LogP contribution in [0.15, 0.2) is 76.2 Å². The average Bonchev–Trinajstić information content (AvgIpc) is 3.20. The van der Waals surface area contributed by atoms with E-state index < -0.39 is 5.97 Å². The SMILES string of the molecule is Cc1c(C(=O)Oc2cccc3ccccc23)oc2c1/C(=N/NC(=O)c1ccc(Cl)cc1)CCC2. The molecule has 1 aromatic heterocycles. The molecule has 4 aromatic rings. The van der Waals surface area contributed by atoms with Crippen LogP contribution in [0.5, 0.6) is 5.75 Å². The molecule has 0 aliphatic heterocycles. The van der Waals surface area contributed by atoms with Crippen LogP contribution in [0, 0.1) is 6.92 Å². The summed E-state index contributed by atoms with van der Waals surface area (Å²) in [5.74, 6) is 0.395. The Hall–Kier alpha value is -3.90. The Morgan fingerprint density at radius 1 is 1.00 bits per heavy atom. The minimum absolute atomic E-state index is 0.150. The summed E-state index contributed by atoms with van der Waals surface area (Å²) in [5, 5.41) is 6.73. The molecular weight excluding hydrogens is 452 g/mol. The fourth-order valence-corrected chi connectivity index (χ4v) is 4.32. The van der Waals surface area contributed by atoms with Gasteiger partial charge in [-0.15, -0.1) is 0 Å². The van der Waals surface area contributed by atoms with Gasteiger partial charge in [-0.25, -0.2) is 10.2 Å². The van der Waals surface area contributed by atoms with Crippen LogP contribution in [-0.2, 0) is 6.42 Å². The van der Waals surface area contributed by atoms with Crippen molar-refractivity contribution in [1.82, 2.24) is 5.43 Å². The number of rotatable bonds is 4. The largest absolute Gasteiger partial charge is 0.453 e. The van der Waals surface area contributed by atoms with Gasteiger partial charge in [0.15, 0.2) is 0 Å². The smallest absolute Gasteiger partial charge is 0.379 e. The van der Waals surface area contributed by atoms with E-state index in [1.54, 1.807) is 30.3 Å². The quantitative estimate of drug-likeness (QED) is 0.221. The lowest BCUT2D eigenvalue weighted by atomic mass is 9.93. The highest BCUT2D eigenvalue weighted by atomic mass is 35.5. The van der Waals surface area contributed by atoms with Crippen molar-refractivity contribution in [2.45, 2.75) is 26.2 Å². The lowest BCUT2D eigenvalue weighted by molar-refractivity contribution is 0.0700. The van der Waals surface area contributed by atoms with Crippen molar-refractivity contribution in [3.8, 4) is 5.75 Å². The Morgan fingerprint density at radius 3 is 2.59 bits per heavy atom. The summed E-state index contributed by atoms with van der Waals surface area (Å²) in [5.41, 5.74) is 5.14. The summed E-state index contributed by atoms with van der Waals surface area (Å²) in [6.45, 7) is 1.81. The number of amides is 1. The molecule has 1 heterocycles. The standard InChI is InChI=1S/C27H21ClN2O4/c1-16-24-21(29-30-26(31)18-12-14-19(28)15-13-18)9-5-11-23(24)33-25(16)27(32)34-22-10-4-7-17-6-2-3-8-20(17)22/h2-4,6-8,10,12-15H,5,9,11H2,1H3,(H,30,31)/b29-21+. The van der Waals surface area contributed by atoms with E-state index in [2.05, 4.69) is 10.5 Å². The van der Waals surface area contributed by atoms with Gasteiger partial charge in [0.25, 0.3) is 5.91 Å².